The van der Waals surface area contributed by atoms with Crippen molar-refractivity contribution in [1.29, 1.82) is 0 Å². The molecule has 0 saturated carbocycles. The molecule has 0 radical (unpaired) electrons. The number of benzene rings is 2. The third-order valence-corrected chi connectivity index (χ3v) is 6.18. The van der Waals surface area contributed by atoms with E-state index in [2.05, 4.69) is 6.58 Å². The summed E-state index contributed by atoms with van der Waals surface area (Å²) in [5, 5.41) is 0. The van der Waals surface area contributed by atoms with Gasteiger partial charge in [-0.15, -0.1) is 6.58 Å². The number of rotatable bonds is 6. The molecule has 2 fully saturated rings. The minimum absolute atomic E-state index is 0.0862. The minimum atomic E-state index is -1.10. The van der Waals surface area contributed by atoms with Gasteiger partial charge in [0, 0.05) is 12.5 Å². The molecule has 0 unspecified atom stereocenters. The molecular weight excluding hydrogens is 454 g/mol. The van der Waals surface area contributed by atoms with E-state index in [1.165, 1.54) is 13.0 Å². The lowest BCUT2D eigenvalue weighted by atomic mass is 9.94. The number of hydrogen-bond donors (Lipinski definition) is 0. The van der Waals surface area contributed by atoms with Crippen LogP contribution in [-0.2, 0) is 28.5 Å². The highest BCUT2D eigenvalue weighted by molar-refractivity contribution is 6.21. The molecule has 0 N–H and O–H groups in total. The zero-order chi connectivity index (χ0) is 24.5. The van der Waals surface area contributed by atoms with Gasteiger partial charge in [-0.1, -0.05) is 48.5 Å². The summed E-state index contributed by atoms with van der Waals surface area (Å²) in [5.41, 5.74) is 1.30. The highest BCUT2D eigenvalue weighted by atomic mass is 16.8. The van der Waals surface area contributed by atoms with Crippen molar-refractivity contribution in [3.8, 4) is 0 Å². The SMILES string of the molecule is C=CCO[C@@H]1O[C@@H]2CO[C@@H](c3ccccc3)O[C@H]2[C@H](OC(C)=O)[C@H]1N1C(=O)c2ccccc2C1=O. The zero-order valence-corrected chi connectivity index (χ0v) is 19.1. The minimum Gasteiger partial charge on any atom is -0.457 e. The highest BCUT2D eigenvalue weighted by Gasteiger charge is 2.57. The first kappa shape index (κ1) is 23.4. The van der Waals surface area contributed by atoms with Crippen LogP contribution in [0.5, 0.6) is 0 Å². The van der Waals surface area contributed by atoms with Crippen LogP contribution >= 0.6 is 0 Å². The Morgan fingerprint density at radius 2 is 1.71 bits per heavy atom. The number of esters is 1. The Morgan fingerprint density at radius 3 is 2.34 bits per heavy atom. The van der Waals surface area contributed by atoms with Crippen molar-refractivity contribution in [3.63, 3.8) is 0 Å². The molecule has 182 valence electrons. The molecule has 0 spiro atoms. The normalized spacial score (nSPS) is 29.9. The molecule has 35 heavy (non-hydrogen) atoms. The summed E-state index contributed by atoms with van der Waals surface area (Å²) in [6.45, 7) is 5.14. The maximum absolute atomic E-state index is 13.4. The van der Waals surface area contributed by atoms with Crippen LogP contribution in [-0.4, -0.2) is 66.5 Å². The molecule has 2 aromatic rings. The molecular formula is C26H25NO8. The van der Waals surface area contributed by atoms with Crippen molar-refractivity contribution < 1.29 is 38.1 Å². The molecule has 6 atom stereocenters. The molecule has 2 saturated heterocycles. The van der Waals surface area contributed by atoms with Crippen LogP contribution in [0, 0.1) is 0 Å². The maximum atomic E-state index is 13.4. The summed E-state index contributed by atoms with van der Waals surface area (Å²) < 4.78 is 29.8. The van der Waals surface area contributed by atoms with Gasteiger partial charge in [-0.25, -0.2) is 0 Å². The van der Waals surface area contributed by atoms with Crippen LogP contribution in [0.15, 0.2) is 67.3 Å². The number of hydrogen-bond acceptors (Lipinski definition) is 8. The second-order valence-corrected chi connectivity index (χ2v) is 8.43. The summed E-state index contributed by atoms with van der Waals surface area (Å²) in [4.78, 5) is 40.0. The van der Waals surface area contributed by atoms with Gasteiger partial charge in [-0.3, -0.25) is 19.3 Å². The Kier molecular flexibility index (Phi) is 6.48. The summed E-state index contributed by atoms with van der Waals surface area (Å²) >= 11 is 0. The predicted octanol–water partition coefficient (Wildman–Crippen LogP) is 2.62. The van der Waals surface area contributed by atoms with E-state index in [1.807, 2.05) is 30.3 Å². The second-order valence-electron chi connectivity index (χ2n) is 8.43. The summed E-state index contributed by atoms with van der Waals surface area (Å²) in [6, 6.07) is 14.7. The molecule has 9 nitrogen and oxygen atoms in total. The van der Waals surface area contributed by atoms with Crippen molar-refractivity contribution in [2.45, 2.75) is 43.9 Å². The molecule has 0 bridgehead atoms. The fourth-order valence-electron chi connectivity index (χ4n) is 4.72. The lowest BCUT2D eigenvalue weighted by Crippen LogP contribution is -2.68. The van der Waals surface area contributed by atoms with Gasteiger partial charge in [0.15, 0.2) is 18.7 Å². The highest BCUT2D eigenvalue weighted by Crippen LogP contribution is 2.39. The van der Waals surface area contributed by atoms with Gasteiger partial charge in [-0.2, -0.15) is 0 Å². The van der Waals surface area contributed by atoms with Gasteiger partial charge < -0.3 is 23.7 Å². The quantitative estimate of drug-likeness (QED) is 0.354. The molecule has 2 aromatic carbocycles. The zero-order valence-electron chi connectivity index (χ0n) is 19.1. The largest absolute Gasteiger partial charge is 0.457 e. The fourth-order valence-corrected chi connectivity index (χ4v) is 4.72. The number of nitrogens with zero attached hydrogens (tertiary/aromatic N) is 1. The van der Waals surface area contributed by atoms with Crippen molar-refractivity contribution in [3.05, 3.63) is 83.9 Å². The Balaban J connectivity index is 1.53. The standard InChI is InChI=1S/C26H25NO8/c1-3-13-31-26-20(27-23(29)17-11-7-8-12-18(17)24(27)30)22(33-15(2)28)21-19(34-26)14-32-25(35-21)16-9-5-4-6-10-16/h3-12,19-22,25-26H,1,13-14H2,2H3/t19-,20-,21-,22-,25-,26-/m1/s1. The molecule has 0 aliphatic carbocycles. The molecule has 3 aliphatic rings. The lowest BCUT2D eigenvalue weighted by Gasteiger charge is -2.50. The second kappa shape index (κ2) is 9.71. The van der Waals surface area contributed by atoms with E-state index in [-0.39, 0.29) is 24.3 Å². The van der Waals surface area contributed by atoms with Gasteiger partial charge in [0.25, 0.3) is 11.8 Å². The van der Waals surface area contributed by atoms with E-state index in [1.54, 1.807) is 24.3 Å². The lowest BCUT2D eigenvalue weighted by molar-refractivity contribution is -0.348. The number of carbonyl (C=O) groups is 3. The molecule has 3 heterocycles. The Labute approximate surface area is 202 Å². The van der Waals surface area contributed by atoms with Crippen molar-refractivity contribution in [2.75, 3.05) is 13.2 Å². The number of carbonyl (C=O) groups excluding carboxylic acids is 3. The third kappa shape index (κ3) is 4.28. The van der Waals surface area contributed by atoms with E-state index < -0.39 is 54.7 Å². The third-order valence-electron chi connectivity index (χ3n) is 6.18. The number of amides is 2. The van der Waals surface area contributed by atoms with E-state index in [0.717, 1.165) is 10.5 Å². The average molecular weight is 479 g/mol. The maximum Gasteiger partial charge on any atom is 0.303 e. The van der Waals surface area contributed by atoms with Crippen LogP contribution < -0.4 is 0 Å². The monoisotopic (exact) mass is 479 g/mol. The van der Waals surface area contributed by atoms with Gasteiger partial charge in [-0.05, 0) is 12.1 Å². The van der Waals surface area contributed by atoms with Gasteiger partial charge in [0.1, 0.15) is 18.2 Å². The smallest absolute Gasteiger partial charge is 0.303 e. The first-order valence-corrected chi connectivity index (χ1v) is 11.3. The predicted molar refractivity (Wildman–Crippen MR) is 121 cm³/mol. The summed E-state index contributed by atoms with van der Waals surface area (Å²) in [5.74, 6) is -1.63. The van der Waals surface area contributed by atoms with Crippen LogP contribution in [0.3, 0.4) is 0 Å². The van der Waals surface area contributed by atoms with Gasteiger partial charge in [0.2, 0.25) is 0 Å². The molecule has 5 rings (SSSR count). The Morgan fingerprint density at radius 1 is 1.06 bits per heavy atom. The first-order valence-electron chi connectivity index (χ1n) is 11.3. The topological polar surface area (TPSA) is 101 Å². The van der Waals surface area contributed by atoms with E-state index in [0.29, 0.717) is 0 Å². The van der Waals surface area contributed by atoms with Gasteiger partial charge >= 0.3 is 5.97 Å². The van der Waals surface area contributed by atoms with Crippen LogP contribution in [0.2, 0.25) is 0 Å². The number of imide groups is 1. The van der Waals surface area contributed by atoms with Crippen LogP contribution in [0.4, 0.5) is 0 Å². The fraction of sp³-hybridized carbons (Fsp3) is 0.346. The summed E-state index contributed by atoms with van der Waals surface area (Å²) in [7, 11) is 0. The first-order chi connectivity index (χ1) is 17.0. The van der Waals surface area contributed by atoms with Crippen LogP contribution in [0.1, 0.15) is 39.5 Å². The van der Waals surface area contributed by atoms with E-state index in [9.17, 15) is 14.4 Å². The molecule has 0 aromatic heterocycles. The molecule has 9 heteroatoms. The van der Waals surface area contributed by atoms with Crippen molar-refractivity contribution in [1.82, 2.24) is 4.90 Å². The Bertz CT molecular complexity index is 1100. The Hall–Kier alpha value is -3.37. The van der Waals surface area contributed by atoms with E-state index in [4.69, 9.17) is 23.7 Å². The van der Waals surface area contributed by atoms with E-state index >= 15 is 0 Å². The molecule has 2 amide bonds. The van der Waals surface area contributed by atoms with Crippen LogP contribution in [0.25, 0.3) is 0 Å². The van der Waals surface area contributed by atoms with Gasteiger partial charge in [0.05, 0.1) is 24.3 Å². The number of fused-ring (bicyclic) bond motifs is 2. The number of ether oxygens (including phenoxy) is 5. The van der Waals surface area contributed by atoms with Crippen molar-refractivity contribution in [2.24, 2.45) is 0 Å². The summed E-state index contributed by atoms with van der Waals surface area (Å²) in [6.07, 6.45) is -2.86. The molecule has 3 aliphatic heterocycles. The average Bonchev–Trinajstić information content (AvgIpc) is 3.12. The van der Waals surface area contributed by atoms with Crippen molar-refractivity contribution >= 4 is 17.8 Å².